The van der Waals surface area contributed by atoms with E-state index in [1.54, 1.807) is 28.5 Å². The highest BCUT2D eigenvalue weighted by Gasteiger charge is 2.27. The third kappa shape index (κ3) is 4.91. The number of aromatic amines is 2. The second-order valence-corrected chi connectivity index (χ2v) is 9.67. The lowest BCUT2D eigenvalue weighted by Crippen LogP contribution is -2.40. The summed E-state index contributed by atoms with van der Waals surface area (Å²) in [6.07, 6.45) is 1.56. The number of thiazole rings is 1. The van der Waals surface area contributed by atoms with Crippen LogP contribution in [0.1, 0.15) is 34.3 Å². The zero-order chi connectivity index (χ0) is 25.2. The molecule has 0 spiro atoms. The van der Waals surface area contributed by atoms with Crippen LogP contribution in [0.3, 0.4) is 0 Å². The zero-order valence-electron chi connectivity index (χ0n) is 19.6. The smallest absolute Gasteiger partial charge is 0.323 e. The maximum absolute atomic E-state index is 12.8. The van der Waals surface area contributed by atoms with E-state index in [4.69, 9.17) is 0 Å². The van der Waals surface area contributed by atoms with Crippen LogP contribution in [0.15, 0.2) is 60.0 Å². The number of rotatable bonds is 5. The van der Waals surface area contributed by atoms with E-state index in [2.05, 4.69) is 41.2 Å². The van der Waals surface area contributed by atoms with E-state index in [0.717, 1.165) is 34.6 Å². The van der Waals surface area contributed by atoms with Crippen LogP contribution in [0.5, 0.6) is 0 Å². The Morgan fingerprint density at radius 2 is 1.76 bits per heavy atom. The van der Waals surface area contributed by atoms with Gasteiger partial charge in [-0.05, 0) is 36.6 Å². The van der Waals surface area contributed by atoms with Gasteiger partial charge in [0.2, 0.25) is 0 Å². The van der Waals surface area contributed by atoms with E-state index in [-0.39, 0.29) is 17.9 Å². The van der Waals surface area contributed by atoms with Gasteiger partial charge >= 0.3 is 6.03 Å². The number of hydrogen-bond donors (Lipinski definition) is 4. The third-order valence-corrected chi connectivity index (χ3v) is 7.37. The highest BCUT2D eigenvalue weighted by atomic mass is 32.1. The molecule has 1 aliphatic heterocycles. The number of hydrogen-bond acceptors (Lipinski definition) is 7. The minimum Gasteiger partial charge on any atom is -0.324 e. The van der Waals surface area contributed by atoms with Crippen LogP contribution in [-0.2, 0) is 0 Å². The van der Waals surface area contributed by atoms with Gasteiger partial charge in [0.1, 0.15) is 16.7 Å². The van der Waals surface area contributed by atoms with Crippen molar-refractivity contribution in [1.82, 2.24) is 35.5 Å². The van der Waals surface area contributed by atoms with Crippen LogP contribution >= 0.6 is 11.3 Å². The number of benzene rings is 2. The second kappa shape index (κ2) is 9.82. The molecule has 0 unspecified atom stereocenters. The number of urea groups is 1. The molecule has 0 radical (unpaired) electrons. The first-order valence-electron chi connectivity index (χ1n) is 11.9. The van der Waals surface area contributed by atoms with Crippen molar-refractivity contribution in [1.29, 1.82) is 0 Å². The zero-order valence-corrected chi connectivity index (χ0v) is 20.5. The van der Waals surface area contributed by atoms with Crippen molar-refractivity contribution in [2.45, 2.75) is 18.8 Å². The van der Waals surface area contributed by atoms with Crippen molar-refractivity contribution in [3.05, 3.63) is 70.7 Å². The molecule has 0 bridgehead atoms. The largest absolute Gasteiger partial charge is 0.324 e. The normalized spacial score (nSPS) is 14.1. The van der Waals surface area contributed by atoms with Gasteiger partial charge in [0.05, 0.1) is 10.7 Å². The van der Waals surface area contributed by atoms with E-state index in [0.29, 0.717) is 35.8 Å². The molecule has 3 amide bonds. The van der Waals surface area contributed by atoms with Crippen molar-refractivity contribution in [3.8, 4) is 11.3 Å². The number of aromatic nitrogens is 6. The van der Waals surface area contributed by atoms with Crippen LogP contribution in [0.4, 0.5) is 16.3 Å². The first-order chi connectivity index (χ1) is 18.1. The van der Waals surface area contributed by atoms with Gasteiger partial charge in [0.15, 0.2) is 5.82 Å². The highest BCUT2D eigenvalue weighted by molar-refractivity contribution is 7.10. The molecular weight excluding hydrogens is 490 g/mol. The first-order valence-corrected chi connectivity index (χ1v) is 12.7. The Morgan fingerprint density at radius 1 is 0.946 bits per heavy atom. The summed E-state index contributed by atoms with van der Waals surface area (Å²) >= 11 is 1.48. The third-order valence-electron chi connectivity index (χ3n) is 6.36. The molecule has 1 fully saturated rings. The Kier molecular flexibility index (Phi) is 6.06. The van der Waals surface area contributed by atoms with E-state index >= 15 is 0 Å². The Bertz CT molecular complexity index is 1550. The molecule has 0 aliphatic carbocycles. The lowest BCUT2D eigenvalue weighted by molar-refractivity contribution is 0.102. The number of piperidine rings is 1. The van der Waals surface area contributed by atoms with Gasteiger partial charge in [0, 0.05) is 36.1 Å². The van der Waals surface area contributed by atoms with Gasteiger partial charge < -0.3 is 10.2 Å². The lowest BCUT2D eigenvalue weighted by atomic mass is 9.98. The summed E-state index contributed by atoms with van der Waals surface area (Å²) in [4.78, 5) is 31.9. The minimum atomic E-state index is -0.268. The average Bonchev–Trinajstić information content (AvgIpc) is 3.70. The fourth-order valence-electron chi connectivity index (χ4n) is 4.36. The fraction of sp³-hybridized carbons (Fsp3) is 0.200. The van der Waals surface area contributed by atoms with E-state index in [1.165, 1.54) is 11.3 Å². The number of nitrogens with one attached hydrogen (secondary N) is 4. The van der Waals surface area contributed by atoms with Gasteiger partial charge in [0.25, 0.3) is 5.91 Å². The van der Waals surface area contributed by atoms with Gasteiger partial charge in [-0.25, -0.2) is 9.78 Å². The Balaban J connectivity index is 1.02. The van der Waals surface area contributed by atoms with Crippen molar-refractivity contribution < 1.29 is 9.59 Å². The maximum Gasteiger partial charge on any atom is 0.323 e. The molecule has 4 N–H and O–H groups in total. The Hall–Kier alpha value is -4.58. The number of nitrogens with zero attached hydrogens (tertiary/aromatic N) is 5. The average molecular weight is 514 g/mol. The van der Waals surface area contributed by atoms with E-state index in [1.807, 2.05) is 36.4 Å². The predicted octanol–water partition coefficient (Wildman–Crippen LogP) is 4.47. The SMILES string of the molecule is O=C(Nc1ccc2n[nH]nc2c1)c1csc(C2CCN(C(=O)Nc3cc(-c4ccccc4)[nH]n3)CC2)n1. The molecule has 1 saturated heterocycles. The van der Waals surface area contributed by atoms with Crippen molar-refractivity contribution in [2.24, 2.45) is 0 Å². The molecule has 3 aromatic heterocycles. The molecule has 4 heterocycles. The standard InChI is InChI=1S/C25H23N9O2S/c35-23(26-17-6-7-18-20(12-17)31-33-30-18)21-14-37-24(27-21)16-8-10-34(11-9-16)25(36)28-22-13-19(29-32-22)15-4-2-1-3-5-15/h1-7,12-14,16H,8-11H2,(H,26,35)(H,30,31,33)(H2,28,29,32,36). The van der Waals surface area contributed by atoms with Crippen LogP contribution in [0.25, 0.3) is 22.3 Å². The van der Waals surface area contributed by atoms with Gasteiger partial charge in [-0.3, -0.25) is 15.2 Å². The second-order valence-electron chi connectivity index (χ2n) is 8.78. The van der Waals surface area contributed by atoms with Crippen molar-refractivity contribution in [3.63, 3.8) is 0 Å². The molecular formula is C25H23N9O2S. The molecule has 5 aromatic rings. The summed E-state index contributed by atoms with van der Waals surface area (Å²) in [6.45, 7) is 1.20. The number of fused-ring (bicyclic) bond motifs is 1. The van der Waals surface area contributed by atoms with Crippen molar-refractivity contribution in [2.75, 3.05) is 23.7 Å². The summed E-state index contributed by atoms with van der Waals surface area (Å²) < 4.78 is 0. The van der Waals surface area contributed by atoms with Crippen LogP contribution in [0.2, 0.25) is 0 Å². The van der Waals surface area contributed by atoms with Crippen LogP contribution in [0, 0.1) is 0 Å². The van der Waals surface area contributed by atoms with E-state index in [9.17, 15) is 9.59 Å². The summed E-state index contributed by atoms with van der Waals surface area (Å²) in [6, 6.07) is 16.8. The van der Waals surface area contributed by atoms with Gasteiger partial charge in [-0.2, -0.15) is 20.5 Å². The van der Waals surface area contributed by atoms with E-state index < -0.39 is 0 Å². The summed E-state index contributed by atoms with van der Waals surface area (Å²) in [5.74, 6) is 0.428. The highest BCUT2D eigenvalue weighted by Crippen LogP contribution is 2.31. The summed E-state index contributed by atoms with van der Waals surface area (Å²) in [5, 5.41) is 26.2. The Labute approximate surface area is 215 Å². The lowest BCUT2D eigenvalue weighted by Gasteiger charge is -2.30. The van der Waals surface area contributed by atoms with Crippen LogP contribution < -0.4 is 10.6 Å². The number of amides is 3. The molecule has 37 heavy (non-hydrogen) atoms. The predicted molar refractivity (Wildman–Crippen MR) is 141 cm³/mol. The minimum absolute atomic E-state index is 0.173. The van der Waals surface area contributed by atoms with Gasteiger partial charge in [-0.1, -0.05) is 30.3 Å². The van der Waals surface area contributed by atoms with Crippen molar-refractivity contribution >= 4 is 45.8 Å². The quantitative estimate of drug-likeness (QED) is 0.273. The number of likely N-dealkylation sites (tertiary alicyclic amines) is 1. The molecule has 2 aromatic carbocycles. The summed E-state index contributed by atoms with van der Waals surface area (Å²) in [7, 11) is 0. The fourth-order valence-corrected chi connectivity index (χ4v) is 5.33. The summed E-state index contributed by atoms with van der Waals surface area (Å²) in [5.41, 5.74) is 4.27. The molecule has 186 valence electrons. The Morgan fingerprint density at radius 3 is 2.59 bits per heavy atom. The monoisotopic (exact) mass is 513 g/mol. The molecule has 1 aliphatic rings. The number of H-pyrrole nitrogens is 2. The number of anilines is 2. The maximum atomic E-state index is 12.8. The molecule has 0 saturated carbocycles. The molecule has 11 nitrogen and oxygen atoms in total. The number of carbonyl (C=O) groups excluding carboxylic acids is 2. The number of carbonyl (C=O) groups is 2. The van der Waals surface area contributed by atoms with Crippen LogP contribution in [-0.4, -0.2) is 60.5 Å². The topological polar surface area (TPSA) is 145 Å². The molecule has 12 heteroatoms. The van der Waals surface area contributed by atoms with Gasteiger partial charge in [-0.15, -0.1) is 11.3 Å². The molecule has 6 rings (SSSR count). The molecule has 0 atom stereocenters. The first kappa shape index (κ1) is 22.9.